The molecule has 2 aromatic rings. The van der Waals surface area contributed by atoms with Gasteiger partial charge < -0.3 is 5.32 Å². The molecule has 1 aliphatic heterocycles. The molecule has 8 heteroatoms. The predicted octanol–water partition coefficient (Wildman–Crippen LogP) is 2.91. The van der Waals surface area contributed by atoms with Crippen molar-refractivity contribution < 1.29 is 18.0 Å². The molecule has 0 unspecified atom stereocenters. The van der Waals surface area contributed by atoms with E-state index in [4.69, 9.17) is 5.14 Å². The number of benzene rings is 2. The van der Waals surface area contributed by atoms with E-state index in [0.717, 1.165) is 30.5 Å². The topological polar surface area (TPSA) is 110 Å². The summed E-state index contributed by atoms with van der Waals surface area (Å²) in [5.41, 5.74) is 1.92. The van der Waals surface area contributed by atoms with Gasteiger partial charge >= 0.3 is 0 Å². The van der Waals surface area contributed by atoms with E-state index < -0.39 is 15.6 Å². The molecule has 4 rings (SSSR count). The van der Waals surface area contributed by atoms with Crippen LogP contribution in [0.15, 0.2) is 47.4 Å². The highest BCUT2D eigenvalue weighted by Crippen LogP contribution is 2.42. The van der Waals surface area contributed by atoms with E-state index in [-0.39, 0.29) is 22.5 Å². The second kappa shape index (κ2) is 7.21. The average Bonchev–Trinajstić information content (AvgIpc) is 2.65. The number of hydrogen-bond acceptors (Lipinski definition) is 5. The molecule has 0 spiro atoms. The quantitative estimate of drug-likeness (QED) is 0.780. The third kappa shape index (κ3) is 3.40. The fourth-order valence-corrected chi connectivity index (χ4v) is 4.90. The summed E-state index contributed by atoms with van der Waals surface area (Å²) >= 11 is 0. The Hall–Kier alpha value is -2.71. The normalized spacial score (nSPS) is 21.4. The molecule has 1 heterocycles. The number of nitrogens with two attached hydrogens (primary N) is 1. The van der Waals surface area contributed by atoms with Crippen molar-refractivity contribution in [2.45, 2.75) is 43.5 Å². The summed E-state index contributed by atoms with van der Waals surface area (Å²) in [4.78, 5) is 27.4. The van der Waals surface area contributed by atoms with Crippen molar-refractivity contribution in [2.75, 3.05) is 16.8 Å². The standard InChI is InChI=1S/C22H25N3O4S/c1-14(26)25-20-10-9-17(16-7-4-8-18(11-16)30(23,28)29)12-19(20)24-13-22(25,2)21(27)15-5-3-6-15/h4,7-12,15,24H,3,5-6,13H2,1-2H3,(H2,23,28,29)/t22-/m0/s1. The van der Waals surface area contributed by atoms with Crippen molar-refractivity contribution in [3.63, 3.8) is 0 Å². The maximum absolute atomic E-state index is 13.1. The van der Waals surface area contributed by atoms with Crippen LogP contribution < -0.4 is 15.4 Å². The fraction of sp³-hybridized carbons (Fsp3) is 0.364. The van der Waals surface area contributed by atoms with E-state index in [1.54, 1.807) is 23.1 Å². The van der Waals surface area contributed by atoms with Crippen LogP contribution in [0.25, 0.3) is 11.1 Å². The average molecular weight is 428 g/mol. The van der Waals surface area contributed by atoms with Gasteiger partial charge in [0.25, 0.3) is 0 Å². The number of amides is 1. The summed E-state index contributed by atoms with van der Waals surface area (Å²) in [6, 6.07) is 11.9. The summed E-state index contributed by atoms with van der Waals surface area (Å²) < 4.78 is 23.4. The van der Waals surface area contributed by atoms with Crippen molar-refractivity contribution in [1.29, 1.82) is 0 Å². The van der Waals surface area contributed by atoms with Gasteiger partial charge in [-0.05, 0) is 55.2 Å². The molecule has 158 valence electrons. The number of primary sulfonamides is 1. The van der Waals surface area contributed by atoms with Gasteiger partial charge in [0.05, 0.1) is 16.3 Å². The first-order chi connectivity index (χ1) is 14.1. The summed E-state index contributed by atoms with van der Waals surface area (Å²) in [6.07, 6.45) is 2.82. The van der Waals surface area contributed by atoms with Crippen LogP contribution in [0.4, 0.5) is 11.4 Å². The van der Waals surface area contributed by atoms with Gasteiger partial charge in [-0.1, -0.05) is 24.6 Å². The number of carbonyl (C=O) groups is 2. The Morgan fingerprint density at radius 2 is 1.83 bits per heavy atom. The molecule has 2 aliphatic rings. The number of fused-ring (bicyclic) bond motifs is 1. The molecule has 0 aromatic heterocycles. The highest BCUT2D eigenvalue weighted by molar-refractivity contribution is 7.89. The molecule has 30 heavy (non-hydrogen) atoms. The Kier molecular flexibility index (Phi) is 4.94. The minimum atomic E-state index is -3.81. The number of sulfonamides is 1. The van der Waals surface area contributed by atoms with Crippen LogP contribution in [0.3, 0.4) is 0 Å². The monoisotopic (exact) mass is 427 g/mol. The first-order valence-electron chi connectivity index (χ1n) is 9.97. The number of Topliss-reactive ketones (excluding diaryl/α,β-unsaturated/α-hetero) is 1. The molecule has 1 atom stereocenters. The van der Waals surface area contributed by atoms with Crippen LogP contribution in [0.5, 0.6) is 0 Å². The molecule has 2 aromatic carbocycles. The zero-order valence-electron chi connectivity index (χ0n) is 17.0. The van der Waals surface area contributed by atoms with Gasteiger partial charge in [-0.3, -0.25) is 14.5 Å². The SMILES string of the molecule is CC(=O)N1c2ccc(-c3cccc(S(N)(=O)=O)c3)cc2NC[C@@]1(C)C(=O)C1CCC1. The van der Waals surface area contributed by atoms with Gasteiger partial charge in [-0.2, -0.15) is 0 Å². The van der Waals surface area contributed by atoms with E-state index in [1.165, 1.54) is 19.1 Å². The summed E-state index contributed by atoms with van der Waals surface area (Å²) in [5, 5.41) is 8.57. The van der Waals surface area contributed by atoms with Crippen molar-refractivity contribution in [3.05, 3.63) is 42.5 Å². The smallest absolute Gasteiger partial charge is 0.238 e. The number of anilines is 2. The molecule has 7 nitrogen and oxygen atoms in total. The number of nitrogens with one attached hydrogen (secondary N) is 1. The Balaban J connectivity index is 1.74. The lowest BCUT2D eigenvalue weighted by Gasteiger charge is -2.47. The van der Waals surface area contributed by atoms with Crippen molar-refractivity contribution in [2.24, 2.45) is 11.1 Å². The van der Waals surface area contributed by atoms with Crippen LogP contribution in [0, 0.1) is 5.92 Å². The Bertz CT molecular complexity index is 1140. The van der Waals surface area contributed by atoms with Crippen LogP contribution in [-0.4, -0.2) is 32.2 Å². The zero-order valence-corrected chi connectivity index (χ0v) is 17.8. The number of rotatable bonds is 4. The van der Waals surface area contributed by atoms with Crippen molar-refractivity contribution in [1.82, 2.24) is 0 Å². The number of hydrogen-bond donors (Lipinski definition) is 2. The van der Waals surface area contributed by atoms with Gasteiger partial charge in [0.2, 0.25) is 15.9 Å². The molecule has 1 fully saturated rings. The Morgan fingerprint density at radius 1 is 1.13 bits per heavy atom. The number of nitrogens with zero attached hydrogens (tertiary/aromatic N) is 1. The van der Waals surface area contributed by atoms with Crippen LogP contribution in [0.2, 0.25) is 0 Å². The first-order valence-corrected chi connectivity index (χ1v) is 11.5. The van der Waals surface area contributed by atoms with E-state index in [0.29, 0.717) is 17.8 Å². The van der Waals surface area contributed by atoms with Crippen LogP contribution in [-0.2, 0) is 19.6 Å². The summed E-state index contributed by atoms with van der Waals surface area (Å²) in [5.74, 6) is -0.0654. The lowest BCUT2D eigenvalue weighted by molar-refractivity contribution is -0.132. The van der Waals surface area contributed by atoms with Gasteiger partial charge in [0, 0.05) is 19.4 Å². The second-order valence-electron chi connectivity index (χ2n) is 8.28. The van der Waals surface area contributed by atoms with Gasteiger partial charge in [-0.15, -0.1) is 0 Å². The maximum Gasteiger partial charge on any atom is 0.238 e. The molecule has 1 aliphatic carbocycles. The zero-order chi connectivity index (χ0) is 21.7. The Labute approximate surface area is 176 Å². The molecule has 1 saturated carbocycles. The highest BCUT2D eigenvalue weighted by Gasteiger charge is 2.48. The number of carbonyl (C=O) groups excluding carboxylic acids is 2. The van der Waals surface area contributed by atoms with Gasteiger partial charge in [-0.25, -0.2) is 13.6 Å². The van der Waals surface area contributed by atoms with Gasteiger partial charge in [0.1, 0.15) is 5.54 Å². The molecule has 1 amide bonds. The third-order valence-electron chi connectivity index (χ3n) is 6.17. The highest BCUT2D eigenvalue weighted by atomic mass is 32.2. The molecule has 0 bridgehead atoms. The van der Waals surface area contributed by atoms with Crippen molar-refractivity contribution in [3.8, 4) is 11.1 Å². The van der Waals surface area contributed by atoms with Crippen LogP contribution in [0.1, 0.15) is 33.1 Å². The van der Waals surface area contributed by atoms with Crippen LogP contribution >= 0.6 is 0 Å². The van der Waals surface area contributed by atoms with E-state index >= 15 is 0 Å². The second-order valence-corrected chi connectivity index (χ2v) is 9.84. The molecule has 3 N–H and O–H groups in total. The summed E-state index contributed by atoms with van der Waals surface area (Å²) in [6.45, 7) is 3.63. The van der Waals surface area contributed by atoms with E-state index in [1.807, 2.05) is 19.1 Å². The summed E-state index contributed by atoms with van der Waals surface area (Å²) in [7, 11) is -3.81. The maximum atomic E-state index is 13.1. The molecule has 0 saturated heterocycles. The molecular formula is C22H25N3O4S. The lowest BCUT2D eigenvalue weighted by atomic mass is 9.73. The predicted molar refractivity (Wildman–Crippen MR) is 116 cm³/mol. The third-order valence-corrected chi connectivity index (χ3v) is 7.08. The lowest BCUT2D eigenvalue weighted by Crippen LogP contribution is -2.63. The van der Waals surface area contributed by atoms with Gasteiger partial charge in [0.15, 0.2) is 5.78 Å². The molecular weight excluding hydrogens is 402 g/mol. The fourth-order valence-electron chi connectivity index (χ4n) is 4.34. The van der Waals surface area contributed by atoms with Crippen molar-refractivity contribution >= 4 is 33.1 Å². The minimum Gasteiger partial charge on any atom is -0.381 e. The van der Waals surface area contributed by atoms with E-state index in [2.05, 4.69) is 5.32 Å². The van der Waals surface area contributed by atoms with E-state index in [9.17, 15) is 18.0 Å². The Morgan fingerprint density at radius 3 is 2.43 bits per heavy atom. The first kappa shape index (κ1) is 20.6. The minimum absolute atomic E-state index is 0.0143. The number of ketones is 1. The molecule has 0 radical (unpaired) electrons. The largest absolute Gasteiger partial charge is 0.381 e.